The fourth-order valence-corrected chi connectivity index (χ4v) is 1.92. The van der Waals surface area contributed by atoms with Crippen LogP contribution in [0.25, 0.3) is 0 Å². The maximum Gasteiger partial charge on any atom is 0.000778 e. The van der Waals surface area contributed by atoms with Crippen molar-refractivity contribution in [3.63, 3.8) is 0 Å². The van der Waals surface area contributed by atoms with Crippen molar-refractivity contribution in [1.82, 2.24) is 5.32 Å². The van der Waals surface area contributed by atoms with Crippen molar-refractivity contribution in [2.24, 2.45) is 5.41 Å². The third-order valence-corrected chi connectivity index (χ3v) is 2.86. The number of allylic oxidation sites excluding steroid dienone is 2. The summed E-state index contributed by atoms with van der Waals surface area (Å²) < 4.78 is 0. The van der Waals surface area contributed by atoms with Crippen LogP contribution in [0.3, 0.4) is 0 Å². The van der Waals surface area contributed by atoms with Crippen molar-refractivity contribution in [1.29, 1.82) is 0 Å². The Balaban J connectivity index is 2.51. The molecule has 1 N–H and O–H groups in total. The van der Waals surface area contributed by atoms with Gasteiger partial charge in [-0.1, -0.05) is 19.1 Å². The Morgan fingerprint density at radius 2 is 2.27 bits per heavy atom. The first kappa shape index (κ1) is 8.79. The van der Waals surface area contributed by atoms with E-state index in [-0.39, 0.29) is 0 Å². The molecule has 0 amide bonds. The van der Waals surface area contributed by atoms with Gasteiger partial charge in [-0.2, -0.15) is 0 Å². The topological polar surface area (TPSA) is 12.0 Å². The van der Waals surface area contributed by atoms with Crippen LogP contribution in [0.2, 0.25) is 0 Å². The van der Waals surface area contributed by atoms with E-state index in [9.17, 15) is 0 Å². The Kier molecular flexibility index (Phi) is 3.13. The molecule has 1 nitrogen and oxygen atoms in total. The van der Waals surface area contributed by atoms with Crippen molar-refractivity contribution in [2.75, 3.05) is 13.6 Å². The third-order valence-electron chi connectivity index (χ3n) is 2.86. The molecule has 0 aliphatic heterocycles. The molecule has 0 aromatic carbocycles. The molecule has 0 aromatic rings. The quantitative estimate of drug-likeness (QED) is 0.614. The van der Waals surface area contributed by atoms with Gasteiger partial charge in [0.15, 0.2) is 0 Å². The van der Waals surface area contributed by atoms with E-state index >= 15 is 0 Å². The second-order valence-corrected chi connectivity index (χ2v) is 3.60. The largest absolute Gasteiger partial charge is 0.319 e. The standard InChI is InChI=1S/C10H19N/c1-3-10(9-11-2)7-5-4-6-8-10/h4-5,11H,3,6-9H2,1-2H3. The highest BCUT2D eigenvalue weighted by Gasteiger charge is 2.26. The van der Waals surface area contributed by atoms with Crippen LogP contribution in [-0.4, -0.2) is 13.6 Å². The lowest BCUT2D eigenvalue weighted by Gasteiger charge is -2.33. The predicted octanol–water partition coefficient (Wildman–Crippen LogP) is 2.34. The summed E-state index contributed by atoms with van der Waals surface area (Å²) in [5, 5.41) is 3.30. The molecular weight excluding hydrogens is 134 g/mol. The smallest absolute Gasteiger partial charge is 0.000778 e. The number of rotatable bonds is 3. The lowest BCUT2D eigenvalue weighted by Crippen LogP contribution is -2.32. The summed E-state index contributed by atoms with van der Waals surface area (Å²) in [6.07, 6.45) is 9.85. The third kappa shape index (κ3) is 2.06. The normalized spacial score (nSPS) is 30.7. The Bertz CT molecular complexity index is 140. The highest BCUT2D eigenvalue weighted by molar-refractivity contribution is 4.97. The van der Waals surface area contributed by atoms with Crippen LogP contribution in [0.1, 0.15) is 32.6 Å². The molecular formula is C10H19N. The average Bonchev–Trinajstić information content (AvgIpc) is 2.07. The summed E-state index contributed by atoms with van der Waals surface area (Å²) in [6.45, 7) is 3.48. The summed E-state index contributed by atoms with van der Waals surface area (Å²) in [4.78, 5) is 0. The first-order valence-electron chi connectivity index (χ1n) is 4.62. The van der Waals surface area contributed by atoms with E-state index in [1.807, 2.05) is 0 Å². The lowest BCUT2D eigenvalue weighted by molar-refractivity contribution is 0.240. The predicted molar refractivity (Wildman–Crippen MR) is 49.6 cm³/mol. The zero-order chi connectivity index (χ0) is 8.16. The number of nitrogens with one attached hydrogen (secondary N) is 1. The van der Waals surface area contributed by atoms with Gasteiger partial charge >= 0.3 is 0 Å². The lowest BCUT2D eigenvalue weighted by atomic mass is 9.75. The summed E-state index contributed by atoms with van der Waals surface area (Å²) in [5.74, 6) is 0. The molecule has 1 heteroatoms. The van der Waals surface area contributed by atoms with Gasteiger partial charge in [-0.15, -0.1) is 0 Å². The van der Waals surface area contributed by atoms with Gasteiger partial charge in [0.25, 0.3) is 0 Å². The van der Waals surface area contributed by atoms with E-state index in [1.54, 1.807) is 0 Å². The van der Waals surface area contributed by atoms with E-state index in [4.69, 9.17) is 0 Å². The maximum absolute atomic E-state index is 3.30. The second kappa shape index (κ2) is 3.91. The van der Waals surface area contributed by atoms with Crippen molar-refractivity contribution in [3.05, 3.63) is 12.2 Å². The molecule has 0 heterocycles. The molecule has 0 saturated heterocycles. The molecule has 11 heavy (non-hydrogen) atoms. The summed E-state index contributed by atoms with van der Waals surface area (Å²) in [5.41, 5.74) is 0.573. The maximum atomic E-state index is 3.30. The molecule has 1 atom stereocenters. The zero-order valence-corrected chi connectivity index (χ0v) is 7.69. The highest BCUT2D eigenvalue weighted by Crippen LogP contribution is 2.34. The van der Waals surface area contributed by atoms with Gasteiger partial charge in [0.2, 0.25) is 0 Å². The van der Waals surface area contributed by atoms with Crippen LogP contribution in [0.15, 0.2) is 12.2 Å². The Hall–Kier alpha value is -0.300. The van der Waals surface area contributed by atoms with Gasteiger partial charge in [0, 0.05) is 6.54 Å². The summed E-state index contributed by atoms with van der Waals surface area (Å²) >= 11 is 0. The van der Waals surface area contributed by atoms with E-state index in [2.05, 4.69) is 31.4 Å². The van der Waals surface area contributed by atoms with E-state index in [0.29, 0.717) is 5.41 Å². The molecule has 0 aromatic heterocycles. The van der Waals surface area contributed by atoms with Crippen LogP contribution in [-0.2, 0) is 0 Å². The zero-order valence-electron chi connectivity index (χ0n) is 7.69. The molecule has 64 valence electrons. The van der Waals surface area contributed by atoms with Crippen molar-refractivity contribution >= 4 is 0 Å². The van der Waals surface area contributed by atoms with Crippen LogP contribution in [0, 0.1) is 5.41 Å². The van der Waals surface area contributed by atoms with Gasteiger partial charge in [0.05, 0.1) is 0 Å². The highest BCUT2D eigenvalue weighted by atomic mass is 14.8. The van der Waals surface area contributed by atoms with Crippen molar-refractivity contribution in [2.45, 2.75) is 32.6 Å². The summed E-state index contributed by atoms with van der Waals surface area (Å²) in [7, 11) is 2.05. The Morgan fingerprint density at radius 3 is 2.73 bits per heavy atom. The average molecular weight is 153 g/mol. The molecule has 1 aliphatic rings. The number of hydrogen-bond donors (Lipinski definition) is 1. The van der Waals surface area contributed by atoms with Gasteiger partial charge < -0.3 is 5.32 Å². The van der Waals surface area contributed by atoms with Crippen LogP contribution in [0.5, 0.6) is 0 Å². The minimum atomic E-state index is 0.573. The Morgan fingerprint density at radius 1 is 1.45 bits per heavy atom. The molecule has 1 aliphatic carbocycles. The van der Waals surface area contributed by atoms with Gasteiger partial charge in [-0.3, -0.25) is 0 Å². The molecule has 1 rings (SSSR count). The minimum absolute atomic E-state index is 0.573. The number of hydrogen-bond acceptors (Lipinski definition) is 1. The first-order chi connectivity index (χ1) is 5.33. The van der Waals surface area contributed by atoms with Crippen LogP contribution < -0.4 is 5.32 Å². The van der Waals surface area contributed by atoms with Gasteiger partial charge in [-0.05, 0) is 38.1 Å². The Labute approximate surface area is 69.9 Å². The van der Waals surface area contributed by atoms with Crippen molar-refractivity contribution in [3.8, 4) is 0 Å². The molecule has 0 saturated carbocycles. The van der Waals surface area contributed by atoms with Gasteiger partial charge in [-0.25, -0.2) is 0 Å². The van der Waals surface area contributed by atoms with Crippen LogP contribution in [0.4, 0.5) is 0 Å². The van der Waals surface area contributed by atoms with Crippen LogP contribution >= 0.6 is 0 Å². The first-order valence-corrected chi connectivity index (χ1v) is 4.62. The SMILES string of the molecule is CCC1(CNC)CC=CCC1. The van der Waals surface area contributed by atoms with Crippen molar-refractivity contribution < 1.29 is 0 Å². The second-order valence-electron chi connectivity index (χ2n) is 3.60. The fourth-order valence-electron chi connectivity index (χ4n) is 1.92. The minimum Gasteiger partial charge on any atom is -0.319 e. The molecule has 1 unspecified atom stereocenters. The molecule has 0 spiro atoms. The van der Waals surface area contributed by atoms with E-state index < -0.39 is 0 Å². The molecule has 0 bridgehead atoms. The summed E-state index contributed by atoms with van der Waals surface area (Å²) in [6, 6.07) is 0. The molecule has 0 radical (unpaired) electrons. The van der Waals surface area contributed by atoms with E-state index in [0.717, 1.165) is 0 Å². The van der Waals surface area contributed by atoms with E-state index in [1.165, 1.54) is 32.2 Å². The monoisotopic (exact) mass is 153 g/mol. The van der Waals surface area contributed by atoms with Gasteiger partial charge in [0.1, 0.15) is 0 Å². The molecule has 0 fully saturated rings. The fraction of sp³-hybridized carbons (Fsp3) is 0.800.